The first kappa shape index (κ1) is 16.9. The number of halogens is 2. The molecule has 0 radical (unpaired) electrons. The number of esters is 1. The average Bonchev–Trinajstić information content (AvgIpc) is 2.98. The Morgan fingerprint density at radius 1 is 1.23 bits per heavy atom. The highest BCUT2D eigenvalue weighted by Crippen LogP contribution is 2.42. The molecule has 0 fully saturated rings. The zero-order valence-electron chi connectivity index (χ0n) is 14.1. The predicted molar refractivity (Wildman–Crippen MR) is 103 cm³/mol. The summed E-state index contributed by atoms with van der Waals surface area (Å²) < 4.78 is 7.00. The number of carbonyl (C=O) groups is 1. The first-order valence-electron chi connectivity index (χ1n) is 7.99. The average molecular weight is 388 g/mol. The smallest absolute Gasteiger partial charge is 0.337 e. The monoisotopic (exact) mass is 387 g/mol. The maximum absolute atomic E-state index is 12.6. The highest BCUT2D eigenvalue weighted by Gasteiger charge is 2.35. The number of para-hydroxylation sites is 2. The van der Waals surface area contributed by atoms with Crippen LogP contribution >= 0.6 is 23.2 Å². The van der Waals surface area contributed by atoms with Gasteiger partial charge in [0.05, 0.1) is 29.8 Å². The number of carbonyl (C=O) groups excluding carboxylic acids is 1. The molecule has 1 aliphatic heterocycles. The van der Waals surface area contributed by atoms with Gasteiger partial charge in [0.1, 0.15) is 0 Å². The van der Waals surface area contributed by atoms with Gasteiger partial charge in [0, 0.05) is 15.7 Å². The van der Waals surface area contributed by atoms with Crippen molar-refractivity contribution in [3.05, 3.63) is 69.3 Å². The summed E-state index contributed by atoms with van der Waals surface area (Å²) in [5.41, 5.74) is 3.62. The first-order chi connectivity index (χ1) is 12.5. The van der Waals surface area contributed by atoms with Gasteiger partial charge in [0.25, 0.3) is 0 Å². The molecular weight excluding hydrogens is 373 g/mol. The van der Waals surface area contributed by atoms with Crippen molar-refractivity contribution < 1.29 is 9.53 Å². The van der Waals surface area contributed by atoms with Gasteiger partial charge in [0.15, 0.2) is 0 Å². The molecule has 0 saturated heterocycles. The standard InChI is InChI=1S/C19H15Cl2N3O2/c1-10-16(18(25)26-2)17(12-8-7-11(20)9-13(12)21)24-15-6-4-3-5-14(15)23-19(24)22-10/h3-9,17H,1-2H3,(H,22,23). The molecule has 1 unspecified atom stereocenters. The summed E-state index contributed by atoms with van der Waals surface area (Å²) in [7, 11) is 1.37. The molecule has 2 heterocycles. The van der Waals surface area contributed by atoms with Gasteiger partial charge in [-0.2, -0.15) is 0 Å². The van der Waals surface area contributed by atoms with E-state index in [1.54, 1.807) is 12.1 Å². The third-order valence-corrected chi connectivity index (χ3v) is 5.06. The summed E-state index contributed by atoms with van der Waals surface area (Å²) in [6.45, 7) is 1.83. The summed E-state index contributed by atoms with van der Waals surface area (Å²) in [5.74, 6) is 0.224. The van der Waals surface area contributed by atoms with Gasteiger partial charge < -0.3 is 10.1 Å². The Hall–Kier alpha value is -2.50. The Labute approximate surface area is 160 Å². The summed E-state index contributed by atoms with van der Waals surface area (Å²) in [5, 5.41) is 4.21. The second kappa shape index (κ2) is 6.34. The van der Waals surface area contributed by atoms with E-state index in [-0.39, 0.29) is 0 Å². The number of ether oxygens (including phenoxy) is 1. The lowest BCUT2D eigenvalue weighted by molar-refractivity contribution is -0.136. The lowest BCUT2D eigenvalue weighted by atomic mass is 9.95. The SMILES string of the molecule is COC(=O)C1=C(C)Nc2nc3ccccc3n2C1c1ccc(Cl)cc1Cl. The van der Waals surface area contributed by atoms with Crippen molar-refractivity contribution in [3.63, 3.8) is 0 Å². The van der Waals surface area contributed by atoms with E-state index in [0.717, 1.165) is 16.6 Å². The van der Waals surface area contributed by atoms with Crippen LogP contribution < -0.4 is 5.32 Å². The van der Waals surface area contributed by atoms with Crippen molar-refractivity contribution >= 4 is 46.2 Å². The van der Waals surface area contributed by atoms with Crippen LogP contribution in [0.1, 0.15) is 18.5 Å². The molecule has 1 aromatic heterocycles. The fourth-order valence-corrected chi connectivity index (χ4v) is 3.87. The fraction of sp³-hybridized carbons (Fsp3) is 0.158. The zero-order chi connectivity index (χ0) is 18.4. The summed E-state index contributed by atoms with van der Waals surface area (Å²) in [4.78, 5) is 17.2. The third-order valence-electron chi connectivity index (χ3n) is 4.49. The lowest BCUT2D eigenvalue weighted by Crippen LogP contribution is -2.28. The number of nitrogens with zero attached hydrogens (tertiary/aromatic N) is 2. The molecule has 0 saturated carbocycles. The van der Waals surface area contributed by atoms with Gasteiger partial charge in [-0.25, -0.2) is 9.78 Å². The van der Waals surface area contributed by atoms with Crippen LogP contribution in [-0.4, -0.2) is 22.6 Å². The largest absolute Gasteiger partial charge is 0.466 e. The summed E-state index contributed by atoms with van der Waals surface area (Å²) in [6.07, 6.45) is 0. The number of aromatic nitrogens is 2. The second-order valence-electron chi connectivity index (χ2n) is 6.02. The number of hydrogen-bond donors (Lipinski definition) is 1. The maximum atomic E-state index is 12.6. The van der Waals surface area contributed by atoms with Crippen molar-refractivity contribution in [1.82, 2.24) is 9.55 Å². The second-order valence-corrected chi connectivity index (χ2v) is 6.86. The molecule has 4 rings (SSSR count). The molecule has 1 aliphatic rings. The number of allylic oxidation sites excluding steroid dienone is 1. The predicted octanol–water partition coefficient (Wildman–Crippen LogP) is 4.81. The normalized spacial score (nSPS) is 16.4. The molecule has 1 atom stereocenters. The number of anilines is 1. The Morgan fingerprint density at radius 3 is 2.73 bits per heavy atom. The number of nitrogens with one attached hydrogen (secondary N) is 1. The van der Waals surface area contributed by atoms with Crippen LogP contribution in [-0.2, 0) is 9.53 Å². The third kappa shape index (κ3) is 2.55. The van der Waals surface area contributed by atoms with Gasteiger partial charge in [-0.15, -0.1) is 0 Å². The maximum Gasteiger partial charge on any atom is 0.337 e. The van der Waals surface area contributed by atoms with Gasteiger partial charge in [-0.3, -0.25) is 4.57 Å². The van der Waals surface area contributed by atoms with E-state index in [4.69, 9.17) is 27.9 Å². The highest BCUT2D eigenvalue weighted by atomic mass is 35.5. The van der Waals surface area contributed by atoms with Gasteiger partial charge in [0.2, 0.25) is 5.95 Å². The Bertz CT molecular complexity index is 1070. The van der Waals surface area contributed by atoms with Crippen molar-refractivity contribution in [1.29, 1.82) is 0 Å². The van der Waals surface area contributed by atoms with Gasteiger partial charge >= 0.3 is 5.97 Å². The minimum absolute atomic E-state index is 0.422. The molecule has 2 aromatic carbocycles. The van der Waals surface area contributed by atoms with Crippen LogP contribution in [0.4, 0.5) is 5.95 Å². The van der Waals surface area contributed by atoms with Crippen LogP contribution in [0.15, 0.2) is 53.7 Å². The summed E-state index contributed by atoms with van der Waals surface area (Å²) in [6, 6.07) is 12.5. The van der Waals surface area contributed by atoms with E-state index >= 15 is 0 Å². The molecule has 0 spiro atoms. The molecule has 0 aliphatic carbocycles. The van der Waals surface area contributed by atoms with Crippen molar-refractivity contribution in [2.45, 2.75) is 13.0 Å². The van der Waals surface area contributed by atoms with Crippen LogP contribution in [0.25, 0.3) is 11.0 Å². The van der Waals surface area contributed by atoms with E-state index < -0.39 is 12.0 Å². The zero-order valence-corrected chi connectivity index (χ0v) is 15.6. The van der Waals surface area contributed by atoms with E-state index in [9.17, 15) is 4.79 Å². The lowest BCUT2D eigenvalue weighted by Gasteiger charge is -2.30. The Balaban J connectivity index is 2.05. The number of hydrogen-bond acceptors (Lipinski definition) is 4. The topological polar surface area (TPSA) is 56.1 Å². The molecule has 0 bridgehead atoms. The van der Waals surface area contributed by atoms with Crippen LogP contribution in [0, 0.1) is 0 Å². The van der Waals surface area contributed by atoms with Crippen LogP contribution in [0.3, 0.4) is 0 Å². The number of methoxy groups -OCH3 is 1. The number of fused-ring (bicyclic) bond motifs is 3. The molecule has 132 valence electrons. The van der Waals surface area contributed by atoms with Crippen LogP contribution in [0.2, 0.25) is 10.0 Å². The van der Waals surface area contributed by atoms with Gasteiger partial charge in [-0.1, -0.05) is 41.4 Å². The van der Waals surface area contributed by atoms with Crippen molar-refractivity contribution in [2.24, 2.45) is 0 Å². The molecule has 5 nitrogen and oxygen atoms in total. The molecule has 26 heavy (non-hydrogen) atoms. The van der Waals surface area contributed by atoms with Crippen molar-refractivity contribution in [3.8, 4) is 0 Å². The van der Waals surface area contributed by atoms with Crippen LogP contribution in [0.5, 0.6) is 0 Å². The number of imidazole rings is 1. The van der Waals surface area contributed by atoms with E-state index in [1.807, 2.05) is 41.8 Å². The minimum Gasteiger partial charge on any atom is -0.466 e. The summed E-state index contributed by atoms with van der Waals surface area (Å²) >= 11 is 12.6. The minimum atomic E-state index is -0.476. The highest BCUT2D eigenvalue weighted by molar-refractivity contribution is 6.35. The van der Waals surface area contributed by atoms with Crippen molar-refractivity contribution in [2.75, 3.05) is 12.4 Å². The number of benzene rings is 2. The molecule has 3 aromatic rings. The molecule has 7 heteroatoms. The quantitative estimate of drug-likeness (QED) is 0.641. The Kier molecular flexibility index (Phi) is 4.13. The fourth-order valence-electron chi connectivity index (χ4n) is 3.36. The number of rotatable bonds is 2. The van der Waals surface area contributed by atoms with E-state index in [0.29, 0.717) is 27.3 Å². The Morgan fingerprint density at radius 2 is 2.00 bits per heavy atom. The molecule has 0 amide bonds. The molecular formula is C19H15Cl2N3O2. The van der Waals surface area contributed by atoms with E-state index in [1.165, 1.54) is 7.11 Å². The van der Waals surface area contributed by atoms with Gasteiger partial charge in [-0.05, 0) is 36.8 Å². The molecule has 1 N–H and O–H groups in total. The van der Waals surface area contributed by atoms with E-state index in [2.05, 4.69) is 10.3 Å². The first-order valence-corrected chi connectivity index (χ1v) is 8.75.